The number of benzene rings is 1. The maximum Gasteiger partial charge on any atom is 0.335 e. The molecule has 1 aromatic rings. The topological polar surface area (TPSA) is 60.9 Å². The molecule has 1 aromatic carbocycles. The minimum Gasteiger partial charge on any atom is -0.284 e. The first-order valence-electron chi connectivity index (χ1n) is 6.08. The molecular weight excluding hydrogens is 317 g/mol. The summed E-state index contributed by atoms with van der Waals surface area (Å²) >= 11 is 12.0. The van der Waals surface area contributed by atoms with Gasteiger partial charge in [0.15, 0.2) is 0 Å². The lowest BCUT2D eigenvalue weighted by Gasteiger charge is -2.22. The quantitative estimate of drug-likeness (QED) is 0.624. The molecule has 2 rings (SSSR count). The highest BCUT2D eigenvalue weighted by molar-refractivity contribution is 6.44. The van der Waals surface area contributed by atoms with E-state index in [4.69, 9.17) is 23.2 Å². The Bertz CT molecular complexity index is 621. The van der Waals surface area contributed by atoms with E-state index in [1.165, 1.54) is 7.05 Å². The number of hydrogen-bond acceptors (Lipinski definition) is 4. The van der Waals surface area contributed by atoms with Crippen molar-refractivity contribution in [3.63, 3.8) is 0 Å². The molecule has 0 atom stereocenters. The van der Waals surface area contributed by atoms with Crippen molar-refractivity contribution in [3.8, 4) is 0 Å². The Morgan fingerprint density at radius 1 is 1.14 bits per heavy atom. The van der Waals surface area contributed by atoms with Gasteiger partial charge < -0.3 is 0 Å². The van der Waals surface area contributed by atoms with Gasteiger partial charge in [0.05, 0.1) is 16.7 Å². The van der Waals surface area contributed by atoms with Gasteiger partial charge in [-0.15, -0.1) is 0 Å². The van der Waals surface area contributed by atoms with Crippen LogP contribution in [0.25, 0.3) is 0 Å². The van der Waals surface area contributed by atoms with Crippen LogP contribution in [0.3, 0.4) is 0 Å². The molecule has 0 spiro atoms. The van der Waals surface area contributed by atoms with Gasteiger partial charge >= 0.3 is 17.8 Å². The largest absolute Gasteiger partial charge is 0.335 e. The monoisotopic (exact) mass is 329 g/mol. The van der Waals surface area contributed by atoms with Gasteiger partial charge in [0.2, 0.25) is 0 Å². The smallest absolute Gasteiger partial charge is 0.284 e. The van der Waals surface area contributed by atoms with Crippen molar-refractivity contribution in [1.82, 2.24) is 14.7 Å². The maximum absolute atomic E-state index is 11.8. The van der Waals surface area contributed by atoms with E-state index in [2.05, 4.69) is 0 Å². The zero-order chi connectivity index (χ0) is 15.7. The molecular formula is C13H13Cl2N3O3. The van der Waals surface area contributed by atoms with E-state index in [0.717, 1.165) is 15.4 Å². The van der Waals surface area contributed by atoms with Gasteiger partial charge in [0.1, 0.15) is 0 Å². The second-order valence-corrected chi connectivity index (χ2v) is 5.53. The van der Waals surface area contributed by atoms with E-state index < -0.39 is 17.8 Å². The van der Waals surface area contributed by atoms with Crippen LogP contribution in [0.4, 0.5) is 4.79 Å². The standard InChI is InChI=1S/C13H13Cl2N3O3/c1-16(6-8-4-3-5-9(14)10(8)15)7-18-12(20)11(19)17(2)13(18)21/h3-5H,6-7H2,1-2H3. The van der Waals surface area contributed by atoms with Crippen molar-refractivity contribution in [3.05, 3.63) is 33.8 Å². The molecule has 0 saturated carbocycles. The average Bonchev–Trinajstić information content (AvgIpc) is 2.62. The third-order valence-electron chi connectivity index (χ3n) is 3.11. The molecule has 0 N–H and O–H groups in total. The molecule has 0 bridgehead atoms. The van der Waals surface area contributed by atoms with Gasteiger partial charge in [-0.05, 0) is 18.7 Å². The highest BCUT2D eigenvalue weighted by Gasteiger charge is 2.42. The van der Waals surface area contributed by atoms with Crippen LogP contribution in [0.2, 0.25) is 10.0 Å². The van der Waals surface area contributed by atoms with Gasteiger partial charge in [0, 0.05) is 13.6 Å². The van der Waals surface area contributed by atoms with Crippen molar-refractivity contribution in [2.75, 3.05) is 20.8 Å². The Morgan fingerprint density at radius 3 is 2.38 bits per heavy atom. The lowest BCUT2D eigenvalue weighted by atomic mass is 10.2. The number of hydrogen-bond donors (Lipinski definition) is 0. The number of halogens is 2. The molecule has 1 heterocycles. The van der Waals surface area contributed by atoms with Crippen LogP contribution in [0.15, 0.2) is 18.2 Å². The number of carbonyl (C=O) groups excluding carboxylic acids is 3. The lowest BCUT2D eigenvalue weighted by Crippen LogP contribution is -2.40. The summed E-state index contributed by atoms with van der Waals surface area (Å²) in [4.78, 5) is 38.2. The first-order valence-corrected chi connectivity index (χ1v) is 6.83. The van der Waals surface area contributed by atoms with Crippen molar-refractivity contribution >= 4 is 41.0 Å². The maximum atomic E-state index is 11.8. The summed E-state index contributed by atoms with van der Waals surface area (Å²) in [5, 5.41) is 0.865. The SMILES string of the molecule is CN(Cc1cccc(Cl)c1Cl)CN1C(=O)C(=O)N(C)C1=O. The minimum atomic E-state index is -0.827. The Hall–Kier alpha value is -1.63. The van der Waals surface area contributed by atoms with E-state index in [9.17, 15) is 14.4 Å². The normalized spacial score (nSPS) is 15.6. The zero-order valence-electron chi connectivity index (χ0n) is 11.5. The number of carbonyl (C=O) groups is 3. The van der Waals surface area contributed by atoms with E-state index >= 15 is 0 Å². The fourth-order valence-corrected chi connectivity index (χ4v) is 2.37. The first kappa shape index (κ1) is 15.8. The van der Waals surface area contributed by atoms with Gasteiger partial charge in [-0.2, -0.15) is 0 Å². The average molecular weight is 330 g/mol. The lowest BCUT2D eigenvalue weighted by molar-refractivity contribution is -0.143. The third kappa shape index (κ3) is 3.02. The molecule has 8 heteroatoms. The summed E-state index contributed by atoms with van der Waals surface area (Å²) in [5.41, 5.74) is 0.769. The predicted molar refractivity (Wildman–Crippen MR) is 77.8 cm³/mol. The molecule has 21 heavy (non-hydrogen) atoms. The highest BCUT2D eigenvalue weighted by atomic mass is 35.5. The summed E-state index contributed by atoms with van der Waals surface area (Å²) in [5.74, 6) is -1.65. The Kier molecular flexibility index (Phi) is 4.51. The molecule has 0 radical (unpaired) electrons. The first-order chi connectivity index (χ1) is 9.82. The number of amides is 4. The molecule has 1 saturated heterocycles. The summed E-state index contributed by atoms with van der Waals surface area (Å²) in [6, 6.07) is 4.61. The fraction of sp³-hybridized carbons (Fsp3) is 0.308. The summed E-state index contributed by atoms with van der Waals surface area (Å²) in [7, 11) is 2.98. The fourth-order valence-electron chi connectivity index (χ4n) is 1.99. The number of imide groups is 2. The van der Waals surface area contributed by atoms with Crippen molar-refractivity contribution in [2.45, 2.75) is 6.54 Å². The molecule has 0 aliphatic carbocycles. The second-order valence-electron chi connectivity index (χ2n) is 4.75. The zero-order valence-corrected chi connectivity index (χ0v) is 13.0. The number of urea groups is 1. The van der Waals surface area contributed by atoms with Gasteiger partial charge in [0.25, 0.3) is 0 Å². The second kappa shape index (κ2) is 6.01. The van der Waals surface area contributed by atoms with E-state index in [0.29, 0.717) is 16.6 Å². The Balaban J connectivity index is 2.07. The van der Waals surface area contributed by atoms with Crippen LogP contribution in [0.1, 0.15) is 5.56 Å². The van der Waals surface area contributed by atoms with Crippen LogP contribution in [0, 0.1) is 0 Å². The molecule has 0 unspecified atom stereocenters. The molecule has 4 amide bonds. The summed E-state index contributed by atoms with van der Waals surface area (Å²) < 4.78 is 0. The predicted octanol–water partition coefficient (Wildman–Crippen LogP) is 1.80. The number of rotatable bonds is 4. The number of likely N-dealkylation sites (N-methyl/N-ethyl adjacent to an activating group) is 1. The van der Waals surface area contributed by atoms with Crippen LogP contribution in [0.5, 0.6) is 0 Å². The van der Waals surface area contributed by atoms with E-state index in [1.807, 2.05) is 0 Å². The van der Waals surface area contributed by atoms with Gasteiger partial charge in [-0.1, -0.05) is 35.3 Å². The molecule has 1 aliphatic rings. The summed E-state index contributed by atoms with van der Waals surface area (Å²) in [6.45, 7) is 0.380. The van der Waals surface area contributed by atoms with Crippen molar-refractivity contribution in [2.24, 2.45) is 0 Å². The Labute approximate surface area is 131 Å². The van der Waals surface area contributed by atoms with Crippen LogP contribution in [-0.4, -0.2) is 53.3 Å². The molecule has 1 fully saturated rings. The van der Waals surface area contributed by atoms with Gasteiger partial charge in [-0.25, -0.2) is 9.69 Å². The van der Waals surface area contributed by atoms with Crippen LogP contribution in [-0.2, 0) is 16.1 Å². The Morgan fingerprint density at radius 2 is 1.81 bits per heavy atom. The molecule has 112 valence electrons. The van der Waals surface area contributed by atoms with Crippen LogP contribution < -0.4 is 0 Å². The number of nitrogens with zero attached hydrogens (tertiary/aromatic N) is 3. The molecule has 6 nitrogen and oxygen atoms in total. The highest BCUT2D eigenvalue weighted by Crippen LogP contribution is 2.26. The van der Waals surface area contributed by atoms with Gasteiger partial charge in [-0.3, -0.25) is 19.4 Å². The van der Waals surface area contributed by atoms with E-state index in [1.54, 1.807) is 30.1 Å². The van der Waals surface area contributed by atoms with Crippen LogP contribution >= 0.6 is 23.2 Å². The minimum absolute atomic E-state index is 0.00338. The molecule has 1 aliphatic heterocycles. The third-order valence-corrected chi connectivity index (χ3v) is 3.96. The molecule has 0 aromatic heterocycles. The van der Waals surface area contributed by atoms with Crippen molar-refractivity contribution in [1.29, 1.82) is 0 Å². The summed E-state index contributed by atoms with van der Waals surface area (Å²) in [6.07, 6.45) is 0. The van der Waals surface area contributed by atoms with Crippen molar-refractivity contribution < 1.29 is 14.4 Å². The van der Waals surface area contributed by atoms with E-state index in [-0.39, 0.29) is 6.67 Å².